The van der Waals surface area contributed by atoms with Crippen molar-refractivity contribution in [2.75, 3.05) is 13.1 Å². The molecule has 1 aliphatic rings. The molecule has 2 rings (SSSR count). The molecule has 106 valence electrons. The minimum atomic E-state index is -3.78. The fourth-order valence-electron chi connectivity index (χ4n) is 2.17. The van der Waals surface area contributed by atoms with Gasteiger partial charge in [-0.3, -0.25) is 0 Å². The molecule has 0 saturated carbocycles. The van der Waals surface area contributed by atoms with Crippen molar-refractivity contribution in [3.05, 3.63) is 29.0 Å². The predicted molar refractivity (Wildman–Crippen MR) is 72.2 cm³/mol. The number of hydrogen-bond donors (Lipinski definition) is 1. The average Bonchev–Trinajstić information content (AvgIpc) is 2.35. The smallest absolute Gasteiger partial charge is 0.245 e. The highest BCUT2D eigenvalue weighted by Gasteiger charge is 2.35. The number of hydrogen-bond acceptors (Lipinski definition) is 3. The minimum absolute atomic E-state index is 0.0378. The first-order chi connectivity index (χ1) is 8.84. The molecule has 4 nitrogen and oxygen atoms in total. The first kappa shape index (κ1) is 14.7. The highest BCUT2D eigenvalue weighted by molar-refractivity contribution is 7.89. The molecule has 1 aromatic rings. The molecule has 0 spiro atoms. The summed E-state index contributed by atoms with van der Waals surface area (Å²) in [6.45, 7) is 4.65. The van der Waals surface area contributed by atoms with Crippen molar-refractivity contribution in [2.45, 2.75) is 30.8 Å². The zero-order chi connectivity index (χ0) is 14.2. The van der Waals surface area contributed by atoms with E-state index in [1.54, 1.807) is 0 Å². The van der Waals surface area contributed by atoms with Gasteiger partial charge in [0.15, 0.2) is 0 Å². The molecular weight excluding hydrogens is 291 g/mol. The molecule has 7 heteroatoms. The topological polar surface area (TPSA) is 49.4 Å². The second kappa shape index (κ2) is 5.36. The number of rotatable bonds is 2. The summed E-state index contributed by atoms with van der Waals surface area (Å²) >= 11 is 5.90. The van der Waals surface area contributed by atoms with Gasteiger partial charge in [-0.1, -0.05) is 11.6 Å². The average molecular weight is 307 g/mol. The lowest BCUT2D eigenvalue weighted by atomic mass is 10.1. The first-order valence-electron chi connectivity index (χ1n) is 6.04. The van der Waals surface area contributed by atoms with Crippen molar-refractivity contribution in [3.63, 3.8) is 0 Å². The SMILES string of the molecule is CC1NCCN(S(=O)(=O)c2cc(F)ccc2Cl)C1C. The Morgan fingerprint density at radius 3 is 2.79 bits per heavy atom. The van der Waals surface area contributed by atoms with E-state index in [9.17, 15) is 12.8 Å². The van der Waals surface area contributed by atoms with E-state index in [4.69, 9.17) is 11.6 Å². The maximum Gasteiger partial charge on any atom is 0.245 e. The molecule has 1 aliphatic heterocycles. The van der Waals surface area contributed by atoms with Crippen LogP contribution in [-0.4, -0.2) is 37.9 Å². The molecule has 0 aliphatic carbocycles. The molecule has 0 amide bonds. The number of sulfonamides is 1. The second-order valence-electron chi connectivity index (χ2n) is 4.67. The summed E-state index contributed by atoms with van der Waals surface area (Å²) < 4.78 is 39.8. The van der Waals surface area contributed by atoms with Crippen LogP contribution in [0.25, 0.3) is 0 Å². The summed E-state index contributed by atoms with van der Waals surface area (Å²) in [6.07, 6.45) is 0. The van der Waals surface area contributed by atoms with Gasteiger partial charge in [0.25, 0.3) is 0 Å². The van der Waals surface area contributed by atoms with Crippen molar-refractivity contribution >= 4 is 21.6 Å². The summed E-state index contributed by atoms with van der Waals surface area (Å²) in [7, 11) is -3.78. The number of halogens is 2. The Bertz CT molecular complexity index is 579. The van der Waals surface area contributed by atoms with Crippen molar-refractivity contribution in [3.8, 4) is 0 Å². The minimum Gasteiger partial charge on any atom is -0.311 e. The zero-order valence-electron chi connectivity index (χ0n) is 10.7. The van der Waals surface area contributed by atoms with Crippen molar-refractivity contribution in [1.29, 1.82) is 0 Å². The molecule has 19 heavy (non-hydrogen) atoms. The van der Waals surface area contributed by atoms with Gasteiger partial charge in [0.05, 0.1) is 5.02 Å². The number of nitrogens with zero attached hydrogens (tertiary/aromatic N) is 1. The van der Waals surface area contributed by atoms with Gasteiger partial charge in [0.2, 0.25) is 10.0 Å². The fourth-order valence-corrected chi connectivity index (χ4v) is 4.36. The molecular formula is C12H16ClFN2O2S. The van der Waals surface area contributed by atoms with E-state index in [0.29, 0.717) is 13.1 Å². The molecule has 0 aromatic heterocycles. The van der Waals surface area contributed by atoms with Crippen LogP contribution < -0.4 is 5.32 Å². The first-order valence-corrected chi connectivity index (χ1v) is 7.86. The summed E-state index contributed by atoms with van der Waals surface area (Å²) in [6, 6.07) is 3.21. The highest BCUT2D eigenvalue weighted by Crippen LogP contribution is 2.28. The van der Waals surface area contributed by atoms with Crippen LogP contribution in [0.5, 0.6) is 0 Å². The zero-order valence-corrected chi connectivity index (χ0v) is 12.3. The van der Waals surface area contributed by atoms with Gasteiger partial charge in [-0.15, -0.1) is 0 Å². The summed E-state index contributed by atoms with van der Waals surface area (Å²) in [4.78, 5) is -0.171. The maximum absolute atomic E-state index is 13.3. The molecule has 2 atom stereocenters. The largest absolute Gasteiger partial charge is 0.311 e. The van der Waals surface area contributed by atoms with Crippen molar-refractivity contribution in [2.24, 2.45) is 0 Å². The van der Waals surface area contributed by atoms with E-state index in [0.717, 1.165) is 12.1 Å². The monoisotopic (exact) mass is 306 g/mol. The fraction of sp³-hybridized carbons (Fsp3) is 0.500. The molecule has 1 saturated heterocycles. The van der Waals surface area contributed by atoms with Gasteiger partial charge in [0, 0.05) is 25.2 Å². The third-order valence-electron chi connectivity index (χ3n) is 3.46. The molecule has 0 radical (unpaired) electrons. The Hall–Kier alpha value is -0.690. The predicted octanol–water partition coefficient (Wildman–Crippen LogP) is 1.85. The lowest BCUT2D eigenvalue weighted by molar-refractivity contribution is 0.233. The van der Waals surface area contributed by atoms with Crippen LogP contribution in [0, 0.1) is 5.82 Å². The van der Waals surface area contributed by atoms with Crippen LogP contribution >= 0.6 is 11.6 Å². The van der Waals surface area contributed by atoms with E-state index in [-0.39, 0.29) is 22.0 Å². The lowest BCUT2D eigenvalue weighted by Crippen LogP contribution is -2.57. The van der Waals surface area contributed by atoms with Crippen molar-refractivity contribution in [1.82, 2.24) is 9.62 Å². The van der Waals surface area contributed by atoms with Gasteiger partial charge < -0.3 is 5.32 Å². The van der Waals surface area contributed by atoms with Crippen LogP contribution in [-0.2, 0) is 10.0 Å². The van der Waals surface area contributed by atoms with Gasteiger partial charge in [0.1, 0.15) is 10.7 Å². The summed E-state index contributed by atoms with van der Waals surface area (Å²) in [5.41, 5.74) is 0. The Balaban J connectivity index is 2.44. The molecule has 1 N–H and O–H groups in total. The summed E-state index contributed by atoms with van der Waals surface area (Å²) in [5.74, 6) is -0.612. The molecule has 1 fully saturated rings. The molecule has 1 heterocycles. The third kappa shape index (κ3) is 2.76. The Morgan fingerprint density at radius 2 is 2.11 bits per heavy atom. The highest BCUT2D eigenvalue weighted by atomic mass is 35.5. The van der Waals surface area contributed by atoms with Gasteiger partial charge >= 0.3 is 0 Å². The molecule has 1 aromatic carbocycles. The van der Waals surface area contributed by atoms with Gasteiger partial charge in [-0.25, -0.2) is 12.8 Å². The van der Waals surface area contributed by atoms with Crippen LogP contribution in [0.1, 0.15) is 13.8 Å². The van der Waals surface area contributed by atoms with E-state index >= 15 is 0 Å². The Morgan fingerprint density at radius 1 is 1.42 bits per heavy atom. The Kier molecular flexibility index (Phi) is 4.15. The number of benzene rings is 1. The van der Waals surface area contributed by atoms with Crippen LogP contribution in [0.2, 0.25) is 5.02 Å². The van der Waals surface area contributed by atoms with E-state index < -0.39 is 15.8 Å². The van der Waals surface area contributed by atoms with Crippen LogP contribution in [0.4, 0.5) is 4.39 Å². The normalized spacial score (nSPS) is 25.5. The number of piperazine rings is 1. The molecule has 2 unspecified atom stereocenters. The third-order valence-corrected chi connectivity index (χ3v) is 5.92. The second-order valence-corrected chi connectivity index (χ2v) is 6.94. The standard InChI is InChI=1S/C12H16ClFN2O2S/c1-8-9(2)16(6-5-15-8)19(17,18)12-7-10(14)3-4-11(12)13/h3-4,7-9,15H,5-6H2,1-2H3. The quantitative estimate of drug-likeness (QED) is 0.907. The van der Waals surface area contributed by atoms with E-state index in [1.165, 1.54) is 10.4 Å². The van der Waals surface area contributed by atoms with Crippen molar-refractivity contribution < 1.29 is 12.8 Å². The Labute approximate surface area is 117 Å². The van der Waals surface area contributed by atoms with Crippen LogP contribution in [0.15, 0.2) is 23.1 Å². The van der Waals surface area contributed by atoms with Gasteiger partial charge in [-0.2, -0.15) is 4.31 Å². The van der Waals surface area contributed by atoms with E-state index in [2.05, 4.69) is 5.32 Å². The van der Waals surface area contributed by atoms with Gasteiger partial charge in [-0.05, 0) is 32.0 Å². The maximum atomic E-state index is 13.3. The summed E-state index contributed by atoms with van der Waals surface area (Å²) in [5, 5.41) is 3.24. The van der Waals surface area contributed by atoms with Crippen LogP contribution in [0.3, 0.4) is 0 Å². The lowest BCUT2D eigenvalue weighted by Gasteiger charge is -2.37. The van der Waals surface area contributed by atoms with E-state index in [1.807, 2.05) is 13.8 Å². The number of nitrogens with one attached hydrogen (secondary N) is 1. The molecule has 0 bridgehead atoms.